The van der Waals surface area contributed by atoms with Crippen LogP contribution in [0.2, 0.25) is 0 Å². The summed E-state index contributed by atoms with van der Waals surface area (Å²) in [6.45, 7) is -4.07. The molecule has 0 spiro atoms. The van der Waals surface area contributed by atoms with E-state index < -0.39 is 53.1 Å². The summed E-state index contributed by atoms with van der Waals surface area (Å²) in [6.07, 6.45) is -4.83. The lowest BCUT2D eigenvalue weighted by molar-refractivity contribution is -0.384. The van der Waals surface area contributed by atoms with E-state index in [9.17, 15) is 41.7 Å². The number of hydrogen-bond donors (Lipinski definition) is 1. The number of amides is 1. The van der Waals surface area contributed by atoms with Crippen LogP contribution in [0.25, 0.3) is 0 Å². The molecule has 2 aromatic carbocycles. The van der Waals surface area contributed by atoms with E-state index in [-0.39, 0.29) is 17.4 Å². The number of esters is 1. The monoisotopic (exact) mass is 434 g/mol. The molecule has 0 aliphatic heterocycles. The second kappa shape index (κ2) is 9.15. The van der Waals surface area contributed by atoms with E-state index in [2.05, 4.69) is 9.47 Å². The molecule has 30 heavy (non-hydrogen) atoms. The SMILES string of the molecule is O=C(COC(=O)c1cccc(OC(F)F)c1)Nc1ccc(C(F)(F)F)cc1[N+](=O)[O-]. The summed E-state index contributed by atoms with van der Waals surface area (Å²) >= 11 is 0. The lowest BCUT2D eigenvalue weighted by Crippen LogP contribution is -2.21. The predicted octanol–water partition coefficient (Wildman–Crippen LogP) is 4.01. The van der Waals surface area contributed by atoms with E-state index in [0.29, 0.717) is 12.1 Å². The van der Waals surface area contributed by atoms with E-state index in [0.717, 1.165) is 12.1 Å². The van der Waals surface area contributed by atoms with Gasteiger partial charge in [0, 0.05) is 6.07 Å². The summed E-state index contributed by atoms with van der Waals surface area (Å²) in [5, 5.41) is 12.9. The Morgan fingerprint density at radius 1 is 1.13 bits per heavy atom. The number of nitro groups is 1. The van der Waals surface area contributed by atoms with Gasteiger partial charge < -0.3 is 14.8 Å². The molecule has 0 fully saturated rings. The maximum absolute atomic E-state index is 12.7. The fraction of sp³-hybridized carbons (Fsp3) is 0.176. The maximum Gasteiger partial charge on any atom is 0.416 e. The van der Waals surface area contributed by atoms with Crippen LogP contribution in [0.5, 0.6) is 5.75 Å². The normalized spacial score (nSPS) is 11.1. The lowest BCUT2D eigenvalue weighted by atomic mass is 10.1. The van der Waals surface area contributed by atoms with Crippen molar-refractivity contribution in [2.24, 2.45) is 0 Å². The van der Waals surface area contributed by atoms with Crippen molar-refractivity contribution in [2.45, 2.75) is 12.8 Å². The molecular weight excluding hydrogens is 423 g/mol. The molecule has 0 aliphatic carbocycles. The molecular formula is C17H11F5N2O6. The molecule has 0 unspecified atom stereocenters. The van der Waals surface area contributed by atoms with Gasteiger partial charge in [-0.05, 0) is 30.3 Å². The zero-order valence-electron chi connectivity index (χ0n) is 14.6. The molecule has 0 saturated carbocycles. The summed E-state index contributed by atoms with van der Waals surface area (Å²) in [6, 6.07) is 5.97. The Bertz CT molecular complexity index is 964. The first-order valence-corrected chi connectivity index (χ1v) is 7.85. The molecule has 13 heteroatoms. The lowest BCUT2D eigenvalue weighted by Gasteiger charge is -2.10. The van der Waals surface area contributed by atoms with Gasteiger partial charge in [-0.25, -0.2) is 4.79 Å². The topological polar surface area (TPSA) is 108 Å². The molecule has 2 aromatic rings. The van der Waals surface area contributed by atoms with Crippen LogP contribution in [-0.2, 0) is 15.7 Å². The van der Waals surface area contributed by atoms with Gasteiger partial charge in [0.1, 0.15) is 11.4 Å². The molecule has 0 aliphatic rings. The smallest absolute Gasteiger partial charge is 0.416 e. The van der Waals surface area contributed by atoms with Crippen molar-refractivity contribution in [2.75, 3.05) is 11.9 Å². The third-order valence-corrected chi connectivity index (χ3v) is 3.43. The van der Waals surface area contributed by atoms with Gasteiger partial charge in [-0.2, -0.15) is 22.0 Å². The standard InChI is InChI=1S/C17H11F5N2O6/c18-16(19)30-11-3-1-2-9(6-11)15(26)29-8-14(25)23-12-5-4-10(17(20,21)22)7-13(12)24(27)28/h1-7,16H,8H2,(H,23,25). The van der Waals surface area contributed by atoms with Gasteiger partial charge >= 0.3 is 18.8 Å². The van der Waals surface area contributed by atoms with Crippen LogP contribution in [0.1, 0.15) is 15.9 Å². The zero-order chi connectivity index (χ0) is 22.5. The first-order chi connectivity index (χ1) is 14.0. The number of rotatable bonds is 7. The van der Waals surface area contributed by atoms with Gasteiger partial charge in [0.15, 0.2) is 6.61 Å². The first-order valence-electron chi connectivity index (χ1n) is 7.85. The van der Waals surface area contributed by atoms with Crippen LogP contribution < -0.4 is 10.1 Å². The van der Waals surface area contributed by atoms with Crippen LogP contribution >= 0.6 is 0 Å². The zero-order valence-corrected chi connectivity index (χ0v) is 14.6. The van der Waals surface area contributed by atoms with Gasteiger partial charge in [-0.3, -0.25) is 14.9 Å². The van der Waals surface area contributed by atoms with Crippen LogP contribution in [0.3, 0.4) is 0 Å². The number of halogens is 5. The highest BCUT2D eigenvalue weighted by molar-refractivity contribution is 5.97. The van der Waals surface area contributed by atoms with Gasteiger partial charge in [0.05, 0.1) is 16.1 Å². The summed E-state index contributed by atoms with van der Waals surface area (Å²) in [7, 11) is 0. The summed E-state index contributed by atoms with van der Waals surface area (Å²) < 4.78 is 71.2. The number of nitro benzene ring substituents is 1. The Kier molecular flexibility index (Phi) is 6.87. The molecule has 0 aromatic heterocycles. The summed E-state index contributed by atoms with van der Waals surface area (Å²) in [5.41, 5.74) is -3.06. The van der Waals surface area contributed by atoms with Crippen molar-refractivity contribution < 1.29 is 45.9 Å². The molecule has 0 radical (unpaired) electrons. The minimum atomic E-state index is -4.83. The number of carbonyl (C=O) groups is 2. The van der Waals surface area contributed by atoms with Crippen molar-refractivity contribution >= 4 is 23.3 Å². The maximum atomic E-state index is 12.7. The number of hydrogen-bond acceptors (Lipinski definition) is 6. The highest BCUT2D eigenvalue weighted by atomic mass is 19.4. The Morgan fingerprint density at radius 3 is 2.43 bits per heavy atom. The van der Waals surface area contributed by atoms with Crippen molar-refractivity contribution in [1.82, 2.24) is 0 Å². The van der Waals surface area contributed by atoms with Crippen LogP contribution in [0.4, 0.5) is 33.3 Å². The fourth-order valence-electron chi connectivity index (χ4n) is 2.16. The van der Waals surface area contributed by atoms with E-state index in [1.165, 1.54) is 12.1 Å². The van der Waals surface area contributed by atoms with Crippen molar-refractivity contribution in [3.05, 3.63) is 63.7 Å². The van der Waals surface area contributed by atoms with Crippen LogP contribution in [0, 0.1) is 10.1 Å². The van der Waals surface area contributed by atoms with E-state index in [1.807, 2.05) is 5.32 Å². The molecule has 0 heterocycles. The minimum Gasteiger partial charge on any atom is -0.452 e. The van der Waals surface area contributed by atoms with E-state index >= 15 is 0 Å². The molecule has 2 rings (SSSR count). The average molecular weight is 434 g/mol. The molecule has 0 saturated heterocycles. The fourth-order valence-corrected chi connectivity index (χ4v) is 2.16. The quantitative estimate of drug-likeness (QED) is 0.305. The number of alkyl halides is 5. The van der Waals surface area contributed by atoms with Gasteiger partial charge in [-0.15, -0.1) is 0 Å². The van der Waals surface area contributed by atoms with Crippen LogP contribution in [0.15, 0.2) is 42.5 Å². The predicted molar refractivity (Wildman–Crippen MR) is 90.1 cm³/mol. The second-order valence-electron chi connectivity index (χ2n) is 5.52. The second-order valence-corrected chi connectivity index (χ2v) is 5.52. The first kappa shape index (κ1) is 22.5. The number of benzene rings is 2. The molecule has 1 N–H and O–H groups in total. The van der Waals surface area contributed by atoms with Gasteiger partial charge in [0.25, 0.3) is 11.6 Å². The average Bonchev–Trinajstić information content (AvgIpc) is 2.65. The van der Waals surface area contributed by atoms with Crippen molar-refractivity contribution in [3.8, 4) is 5.75 Å². The van der Waals surface area contributed by atoms with Gasteiger partial charge in [-0.1, -0.05) is 6.07 Å². The molecule has 0 bridgehead atoms. The number of nitrogens with one attached hydrogen (secondary N) is 1. The van der Waals surface area contributed by atoms with Crippen molar-refractivity contribution in [1.29, 1.82) is 0 Å². The molecule has 0 atom stereocenters. The molecule has 1 amide bonds. The van der Waals surface area contributed by atoms with Crippen molar-refractivity contribution in [3.63, 3.8) is 0 Å². The number of carbonyl (C=O) groups excluding carboxylic acids is 2. The third kappa shape index (κ3) is 6.12. The number of anilines is 1. The largest absolute Gasteiger partial charge is 0.452 e. The molecule has 8 nitrogen and oxygen atoms in total. The summed E-state index contributed by atoms with van der Waals surface area (Å²) in [5.74, 6) is -2.50. The highest BCUT2D eigenvalue weighted by Gasteiger charge is 2.33. The van der Waals surface area contributed by atoms with Crippen LogP contribution in [-0.4, -0.2) is 30.0 Å². The van der Waals surface area contributed by atoms with E-state index in [4.69, 9.17) is 0 Å². The highest BCUT2D eigenvalue weighted by Crippen LogP contribution is 2.34. The number of nitrogens with zero attached hydrogens (tertiary/aromatic N) is 1. The Hall–Kier alpha value is -3.77. The Labute approximate surface area is 164 Å². The Morgan fingerprint density at radius 2 is 1.83 bits per heavy atom. The molecule has 160 valence electrons. The summed E-state index contributed by atoms with van der Waals surface area (Å²) in [4.78, 5) is 33.6. The minimum absolute atomic E-state index is 0.221. The Balaban J connectivity index is 2.04. The van der Waals surface area contributed by atoms with Gasteiger partial charge in [0.2, 0.25) is 0 Å². The number of ether oxygens (including phenoxy) is 2. The van der Waals surface area contributed by atoms with E-state index in [1.54, 1.807) is 0 Å². The third-order valence-electron chi connectivity index (χ3n) is 3.43.